The van der Waals surface area contributed by atoms with Crippen molar-refractivity contribution in [3.8, 4) is 0 Å². The molecule has 1 aromatic heterocycles. The van der Waals surface area contributed by atoms with Gasteiger partial charge in [-0.15, -0.1) is 0 Å². The van der Waals surface area contributed by atoms with Gasteiger partial charge in [0.2, 0.25) is 0 Å². The molecule has 1 amide bonds. The molecule has 4 heteroatoms. The van der Waals surface area contributed by atoms with Crippen LogP contribution in [0.5, 0.6) is 0 Å². The fourth-order valence-electron chi connectivity index (χ4n) is 2.12. The molecule has 116 valence electrons. The quantitative estimate of drug-likeness (QED) is 0.758. The summed E-state index contributed by atoms with van der Waals surface area (Å²) in [5.41, 5.74) is 3.58. The number of hydrogen-bond acceptors (Lipinski definition) is 3. The Kier molecular flexibility index (Phi) is 5.95. The van der Waals surface area contributed by atoms with Crippen molar-refractivity contribution in [3.63, 3.8) is 0 Å². The molecule has 2 N–H and O–H groups in total. The van der Waals surface area contributed by atoms with Crippen molar-refractivity contribution in [2.45, 2.75) is 33.1 Å². The number of benzene rings is 1. The fourth-order valence-corrected chi connectivity index (χ4v) is 2.12. The zero-order valence-corrected chi connectivity index (χ0v) is 13.2. The predicted octanol–water partition coefficient (Wildman–Crippen LogP) is 4.05. The summed E-state index contributed by atoms with van der Waals surface area (Å²) in [5.74, 6) is -0.0730. The topological polar surface area (TPSA) is 54.0 Å². The average Bonchev–Trinajstić information content (AvgIpc) is 2.54. The zero-order valence-electron chi connectivity index (χ0n) is 13.2. The highest BCUT2D eigenvalue weighted by Gasteiger charge is 2.06. The van der Waals surface area contributed by atoms with Gasteiger partial charge in [-0.25, -0.2) is 0 Å². The Labute approximate surface area is 132 Å². The Bertz CT molecular complexity index is 608. The van der Waals surface area contributed by atoms with Gasteiger partial charge in [0.1, 0.15) is 0 Å². The molecular weight excluding hydrogens is 274 g/mol. The molecule has 0 radical (unpaired) electrons. The minimum absolute atomic E-state index is 0.0730. The number of amides is 1. The van der Waals surface area contributed by atoms with Gasteiger partial charge in [-0.1, -0.05) is 37.5 Å². The summed E-state index contributed by atoms with van der Waals surface area (Å²) in [6.45, 7) is 4.91. The Hall–Kier alpha value is -2.36. The van der Waals surface area contributed by atoms with Crippen LogP contribution < -0.4 is 10.6 Å². The van der Waals surface area contributed by atoms with Gasteiger partial charge in [-0.05, 0) is 31.5 Å². The molecule has 0 saturated carbocycles. The van der Waals surface area contributed by atoms with Crippen LogP contribution in [0.2, 0.25) is 0 Å². The highest BCUT2D eigenvalue weighted by atomic mass is 16.1. The van der Waals surface area contributed by atoms with Crippen molar-refractivity contribution in [3.05, 3.63) is 53.9 Å². The lowest BCUT2D eigenvalue weighted by Gasteiger charge is -2.09. The van der Waals surface area contributed by atoms with Crippen LogP contribution in [0.1, 0.15) is 42.1 Å². The van der Waals surface area contributed by atoms with E-state index in [1.54, 1.807) is 12.4 Å². The first kappa shape index (κ1) is 16.0. The van der Waals surface area contributed by atoms with E-state index in [0.29, 0.717) is 12.1 Å². The van der Waals surface area contributed by atoms with Gasteiger partial charge in [0.15, 0.2) is 0 Å². The van der Waals surface area contributed by atoms with Crippen molar-refractivity contribution >= 4 is 17.3 Å². The first-order valence-corrected chi connectivity index (χ1v) is 7.76. The smallest absolute Gasteiger partial charge is 0.252 e. The summed E-state index contributed by atoms with van der Waals surface area (Å²) in [5, 5.41) is 6.19. The largest absolute Gasteiger partial charge is 0.354 e. The van der Waals surface area contributed by atoms with E-state index in [4.69, 9.17) is 0 Å². The van der Waals surface area contributed by atoms with Crippen molar-refractivity contribution in [1.82, 2.24) is 10.3 Å². The van der Waals surface area contributed by atoms with E-state index in [9.17, 15) is 4.79 Å². The Morgan fingerprint density at radius 1 is 1.09 bits per heavy atom. The monoisotopic (exact) mass is 297 g/mol. The van der Waals surface area contributed by atoms with Gasteiger partial charge < -0.3 is 10.6 Å². The second-order valence-electron chi connectivity index (χ2n) is 5.42. The Morgan fingerprint density at radius 3 is 2.59 bits per heavy atom. The van der Waals surface area contributed by atoms with Crippen LogP contribution >= 0.6 is 0 Å². The molecule has 0 unspecified atom stereocenters. The molecule has 0 aliphatic heterocycles. The van der Waals surface area contributed by atoms with E-state index < -0.39 is 0 Å². The molecular formula is C18H23N3O. The van der Waals surface area contributed by atoms with Crippen LogP contribution in [0.15, 0.2) is 42.7 Å². The van der Waals surface area contributed by atoms with Crippen molar-refractivity contribution in [2.24, 2.45) is 0 Å². The van der Waals surface area contributed by atoms with E-state index in [1.807, 2.05) is 30.3 Å². The van der Waals surface area contributed by atoms with Gasteiger partial charge in [-0.3, -0.25) is 9.78 Å². The maximum atomic E-state index is 12.1. The lowest BCUT2D eigenvalue weighted by Crippen LogP contribution is -2.24. The molecule has 0 spiro atoms. The maximum Gasteiger partial charge on any atom is 0.252 e. The summed E-state index contributed by atoms with van der Waals surface area (Å²) in [7, 11) is 0. The molecule has 22 heavy (non-hydrogen) atoms. The van der Waals surface area contributed by atoms with E-state index in [0.717, 1.165) is 30.6 Å². The molecule has 0 bridgehead atoms. The first-order chi connectivity index (χ1) is 10.7. The van der Waals surface area contributed by atoms with Crippen LogP contribution in [-0.4, -0.2) is 17.4 Å². The number of aromatic nitrogens is 1. The van der Waals surface area contributed by atoms with Gasteiger partial charge in [0.25, 0.3) is 5.91 Å². The first-order valence-electron chi connectivity index (χ1n) is 7.76. The zero-order chi connectivity index (χ0) is 15.8. The fraction of sp³-hybridized carbons (Fsp3) is 0.333. The molecule has 2 rings (SSSR count). The highest BCUT2D eigenvalue weighted by Crippen LogP contribution is 2.17. The number of aryl methyl sites for hydroxylation is 1. The number of carbonyl (C=O) groups excluding carboxylic acids is 1. The highest BCUT2D eigenvalue weighted by molar-refractivity contribution is 5.94. The Morgan fingerprint density at radius 2 is 1.86 bits per heavy atom. The van der Waals surface area contributed by atoms with E-state index in [-0.39, 0.29) is 5.91 Å². The van der Waals surface area contributed by atoms with Crippen LogP contribution in [0, 0.1) is 6.92 Å². The average molecular weight is 297 g/mol. The summed E-state index contributed by atoms with van der Waals surface area (Å²) in [4.78, 5) is 16.2. The van der Waals surface area contributed by atoms with Crippen molar-refractivity contribution < 1.29 is 4.79 Å². The molecule has 0 fully saturated rings. The number of carbonyl (C=O) groups is 1. The summed E-state index contributed by atoms with van der Waals surface area (Å²) >= 11 is 0. The molecule has 1 heterocycles. The molecule has 2 aromatic rings. The van der Waals surface area contributed by atoms with Gasteiger partial charge in [0, 0.05) is 18.4 Å². The second-order valence-corrected chi connectivity index (χ2v) is 5.42. The molecule has 0 saturated heterocycles. The maximum absolute atomic E-state index is 12.1. The normalized spacial score (nSPS) is 10.3. The molecule has 0 aliphatic carbocycles. The third-order valence-electron chi connectivity index (χ3n) is 3.41. The van der Waals surface area contributed by atoms with Gasteiger partial charge in [0.05, 0.1) is 17.4 Å². The molecule has 0 aliphatic rings. The lowest BCUT2D eigenvalue weighted by molar-refractivity contribution is 0.0952. The molecule has 1 aromatic carbocycles. The Balaban J connectivity index is 1.97. The number of pyridine rings is 1. The minimum atomic E-state index is -0.0730. The van der Waals surface area contributed by atoms with Gasteiger partial charge in [-0.2, -0.15) is 0 Å². The van der Waals surface area contributed by atoms with Crippen molar-refractivity contribution in [2.75, 3.05) is 11.9 Å². The second kappa shape index (κ2) is 8.17. The number of nitrogens with zero attached hydrogens (tertiary/aromatic N) is 1. The van der Waals surface area contributed by atoms with E-state index in [2.05, 4.69) is 29.5 Å². The minimum Gasteiger partial charge on any atom is -0.354 e. The summed E-state index contributed by atoms with van der Waals surface area (Å²) < 4.78 is 0. The van der Waals surface area contributed by atoms with Crippen LogP contribution in [0.25, 0.3) is 0 Å². The van der Waals surface area contributed by atoms with Crippen molar-refractivity contribution in [1.29, 1.82) is 0 Å². The molecule has 4 nitrogen and oxygen atoms in total. The van der Waals surface area contributed by atoms with E-state index in [1.165, 1.54) is 5.56 Å². The lowest BCUT2D eigenvalue weighted by atomic mass is 10.2. The van der Waals surface area contributed by atoms with Gasteiger partial charge >= 0.3 is 0 Å². The van der Waals surface area contributed by atoms with Crippen LogP contribution in [0.4, 0.5) is 11.4 Å². The number of anilines is 2. The third-order valence-corrected chi connectivity index (χ3v) is 3.41. The number of hydrogen-bond donors (Lipinski definition) is 2. The number of rotatable bonds is 7. The predicted molar refractivity (Wildman–Crippen MR) is 90.6 cm³/mol. The summed E-state index contributed by atoms with van der Waals surface area (Å²) in [6.07, 6.45) is 6.60. The number of unbranched alkanes of at least 4 members (excludes halogenated alkanes) is 2. The number of nitrogens with one attached hydrogen (secondary N) is 2. The third kappa shape index (κ3) is 4.88. The summed E-state index contributed by atoms with van der Waals surface area (Å²) in [6, 6.07) is 9.92. The molecule has 0 atom stereocenters. The van der Waals surface area contributed by atoms with Crippen LogP contribution in [0.3, 0.4) is 0 Å². The SMILES string of the molecule is CCCCCNC(=O)c1cncc(Nc2ccc(C)cc2)c1. The van der Waals surface area contributed by atoms with E-state index >= 15 is 0 Å². The standard InChI is InChI=1S/C18H23N3O/c1-3-4-5-10-20-18(22)15-11-17(13-19-12-15)21-16-8-6-14(2)7-9-16/h6-9,11-13,21H,3-5,10H2,1-2H3,(H,20,22). The van der Waals surface area contributed by atoms with Crippen LogP contribution in [-0.2, 0) is 0 Å².